The van der Waals surface area contributed by atoms with Crippen molar-refractivity contribution in [2.75, 3.05) is 23.7 Å². The van der Waals surface area contributed by atoms with E-state index in [9.17, 15) is 18.0 Å². The molecule has 0 radical (unpaired) electrons. The van der Waals surface area contributed by atoms with Crippen LogP contribution in [-0.2, 0) is 39.0 Å². The average molecular weight is 550 g/mol. The Balaban J connectivity index is 2.07. The topological polar surface area (TPSA) is 86.8 Å². The molecule has 0 aliphatic carbocycles. The van der Waals surface area contributed by atoms with Crippen molar-refractivity contribution in [2.45, 2.75) is 52.6 Å². The molecule has 39 heavy (non-hydrogen) atoms. The monoisotopic (exact) mass is 549 g/mol. The molecule has 0 aliphatic heterocycles. The maximum Gasteiger partial charge on any atom is 0.244 e. The fourth-order valence-electron chi connectivity index (χ4n) is 4.54. The van der Waals surface area contributed by atoms with Gasteiger partial charge in [-0.2, -0.15) is 0 Å². The van der Waals surface area contributed by atoms with Crippen LogP contribution in [0.2, 0.25) is 0 Å². The normalized spacial score (nSPS) is 12.0. The Morgan fingerprint density at radius 3 is 2.10 bits per heavy atom. The minimum atomic E-state index is -3.79. The van der Waals surface area contributed by atoms with E-state index in [0.29, 0.717) is 25.1 Å². The van der Waals surface area contributed by atoms with Gasteiger partial charge in [0.05, 0.1) is 11.9 Å². The average Bonchev–Trinajstić information content (AvgIpc) is 2.93. The summed E-state index contributed by atoms with van der Waals surface area (Å²) in [6.45, 7) is 6.12. The van der Waals surface area contributed by atoms with Crippen LogP contribution in [0.1, 0.15) is 42.5 Å². The number of hydrogen-bond donors (Lipinski definition) is 1. The zero-order valence-electron chi connectivity index (χ0n) is 23.3. The van der Waals surface area contributed by atoms with Gasteiger partial charge in [-0.1, -0.05) is 86.6 Å². The molecule has 0 saturated carbocycles. The van der Waals surface area contributed by atoms with Gasteiger partial charge in [-0.25, -0.2) is 8.42 Å². The molecule has 3 rings (SSSR count). The molecule has 3 aromatic carbocycles. The summed E-state index contributed by atoms with van der Waals surface area (Å²) in [5, 5.41) is 2.96. The molecule has 7 nitrogen and oxygen atoms in total. The molecule has 0 aliphatic rings. The number of para-hydroxylation sites is 1. The smallest absolute Gasteiger partial charge is 0.244 e. The number of amides is 2. The van der Waals surface area contributed by atoms with Crippen molar-refractivity contribution in [3.63, 3.8) is 0 Å². The summed E-state index contributed by atoms with van der Waals surface area (Å²) in [7, 11) is -3.79. The number of sulfonamides is 1. The summed E-state index contributed by atoms with van der Waals surface area (Å²) in [5.41, 5.74) is 4.09. The van der Waals surface area contributed by atoms with Gasteiger partial charge < -0.3 is 10.2 Å². The van der Waals surface area contributed by atoms with Crippen LogP contribution in [0.4, 0.5) is 5.69 Å². The summed E-state index contributed by atoms with van der Waals surface area (Å²) in [5.74, 6) is -0.704. The van der Waals surface area contributed by atoms with Crippen LogP contribution in [-0.4, -0.2) is 50.5 Å². The maximum absolute atomic E-state index is 14.1. The van der Waals surface area contributed by atoms with Crippen molar-refractivity contribution in [1.29, 1.82) is 0 Å². The predicted molar refractivity (Wildman–Crippen MR) is 157 cm³/mol. The van der Waals surface area contributed by atoms with E-state index >= 15 is 0 Å². The van der Waals surface area contributed by atoms with Crippen molar-refractivity contribution in [2.24, 2.45) is 0 Å². The van der Waals surface area contributed by atoms with Crippen molar-refractivity contribution >= 4 is 27.5 Å². The summed E-state index contributed by atoms with van der Waals surface area (Å²) in [4.78, 5) is 29.2. The molecule has 0 spiro atoms. The molecular weight excluding hydrogens is 510 g/mol. The standard InChI is InChI=1S/C31H39N3O4S/c1-5-20-32-31(36)29(21-25-15-8-7-9-16-25)33(22-27-18-11-10-14-24(27)3)30(35)23-34(39(4,37)38)28-19-13-12-17-26(28)6-2/h7-19,29H,5-6,20-23H2,1-4H3,(H,32,36)/t29-/m0/s1. The number of hydrogen-bond acceptors (Lipinski definition) is 4. The number of nitrogens with one attached hydrogen (secondary N) is 1. The number of benzene rings is 3. The molecular formula is C31H39N3O4S. The lowest BCUT2D eigenvalue weighted by Crippen LogP contribution is -2.53. The van der Waals surface area contributed by atoms with E-state index in [1.807, 2.05) is 87.5 Å². The third-order valence-corrected chi connectivity index (χ3v) is 7.87. The summed E-state index contributed by atoms with van der Waals surface area (Å²) < 4.78 is 27.1. The first kappa shape index (κ1) is 29.9. The zero-order chi connectivity index (χ0) is 28.4. The highest BCUT2D eigenvalue weighted by Gasteiger charge is 2.33. The van der Waals surface area contributed by atoms with E-state index in [1.165, 1.54) is 4.90 Å². The Kier molecular flexibility index (Phi) is 10.7. The molecule has 1 N–H and O–H groups in total. The number of nitrogens with zero attached hydrogens (tertiary/aromatic N) is 2. The molecule has 0 aromatic heterocycles. The van der Waals surface area contributed by atoms with E-state index in [0.717, 1.165) is 39.2 Å². The molecule has 0 bridgehead atoms. The fourth-order valence-corrected chi connectivity index (χ4v) is 5.42. The Hall–Kier alpha value is -3.65. The Labute approximate surface area is 232 Å². The van der Waals surface area contributed by atoms with Gasteiger partial charge in [0.25, 0.3) is 0 Å². The van der Waals surface area contributed by atoms with Crippen molar-refractivity contribution in [3.05, 3.63) is 101 Å². The Morgan fingerprint density at radius 2 is 1.49 bits per heavy atom. The summed E-state index contributed by atoms with van der Waals surface area (Å²) in [6, 6.07) is 23.6. The first-order valence-corrected chi connectivity index (χ1v) is 15.2. The maximum atomic E-state index is 14.1. The molecule has 208 valence electrons. The lowest BCUT2D eigenvalue weighted by molar-refractivity contribution is -0.140. The molecule has 8 heteroatoms. The number of anilines is 1. The lowest BCUT2D eigenvalue weighted by atomic mass is 10.0. The first-order chi connectivity index (χ1) is 18.7. The summed E-state index contributed by atoms with van der Waals surface area (Å²) >= 11 is 0. The highest BCUT2D eigenvalue weighted by molar-refractivity contribution is 7.92. The first-order valence-electron chi connectivity index (χ1n) is 13.4. The number of carbonyl (C=O) groups excluding carboxylic acids is 2. The van der Waals surface area contributed by atoms with Crippen LogP contribution < -0.4 is 9.62 Å². The van der Waals surface area contributed by atoms with Crippen molar-refractivity contribution < 1.29 is 18.0 Å². The van der Waals surface area contributed by atoms with Crippen LogP contribution in [0.15, 0.2) is 78.9 Å². The van der Waals surface area contributed by atoms with Gasteiger partial charge in [0.1, 0.15) is 12.6 Å². The van der Waals surface area contributed by atoms with Crippen LogP contribution in [0.5, 0.6) is 0 Å². The van der Waals surface area contributed by atoms with E-state index in [-0.39, 0.29) is 12.5 Å². The van der Waals surface area contributed by atoms with Crippen molar-refractivity contribution in [3.8, 4) is 0 Å². The van der Waals surface area contributed by atoms with E-state index in [1.54, 1.807) is 12.1 Å². The van der Waals surface area contributed by atoms with E-state index in [4.69, 9.17) is 0 Å². The minimum absolute atomic E-state index is 0.176. The number of carbonyl (C=O) groups is 2. The van der Waals surface area contributed by atoms with Gasteiger partial charge in [0, 0.05) is 19.5 Å². The molecule has 2 amide bonds. The molecule has 0 fully saturated rings. The zero-order valence-corrected chi connectivity index (χ0v) is 24.1. The highest BCUT2D eigenvalue weighted by Crippen LogP contribution is 2.25. The van der Waals surface area contributed by atoms with Crippen LogP contribution in [0, 0.1) is 6.92 Å². The van der Waals surface area contributed by atoms with E-state index < -0.39 is 28.5 Å². The molecule has 1 atom stereocenters. The second-order valence-corrected chi connectivity index (χ2v) is 11.6. The highest BCUT2D eigenvalue weighted by atomic mass is 32.2. The SMILES string of the molecule is CCCNC(=O)[C@H](Cc1ccccc1)N(Cc1ccccc1C)C(=O)CN(c1ccccc1CC)S(C)(=O)=O. The number of rotatable bonds is 13. The Bertz CT molecular complexity index is 1360. The van der Waals surface area contributed by atoms with Crippen LogP contribution in [0.3, 0.4) is 0 Å². The third-order valence-electron chi connectivity index (χ3n) is 6.74. The van der Waals surface area contributed by atoms with Crippen molar-refractivity contribution in [1.82, 2.24) is 10.2 Å². The minimum Gasteiger partial charge on any atom is -0.354 e. The van der Waals surface area contributed by atoms with E-state index in [2.05, 4.69) is 5.32 Å². The molecule has 0 heterocycles. The quantitative estimate of drug-likeness (QED) is 0.340. The fraction of sp³-hybridized carbons (Fsp3) is 0.355. The summed E-state index contributed by atoms with van der Waals surface area (Å²) in [6.07, 6.45) is 2.77. The molecule has 0 saturated heterocycles. The van der Waals surface area contributed by atoms with Crippen LogP contribution >= 0.6 is 0 Å². The van der Waals surface area contributed by atoms with Gasteiger partial charge in [0.15, 0.2) is 0 Å². The Morgan fingerprint density at radius 1 is 0.872 bits per heavy atom. The number of aryl methyl sites for hydroxylation is 2. The molecule has 0 unspecified atom stereocenters. The van der Waals surface area contributed by atoms with Crippen LogP contribution in [0.25, 0.3) is 0 Å². The molecule has 3 aromatic rings. The lowest BCUT2D eigenvalue weighted by Gasteiger charge is -2.34. The second kappa shape index (κ2) is 13.9. The van der Waals surface area contributed by atoms with Gasteiger partial charge in [0.2, 0.25) is 21.8 Å². The van der Waals surface area contributed by atoms with Gasteiger partial charge in [-0.15, -0.1) is 0 Å². The predicted octanol–water partition coefficient (Wildman–Crippen LogP) is 4.49. The largest absolute Gasteiger partial charge is 0.354 e. The second-order valence-electron chi connectivity index (χ2n) is 9.70. The third kappa shape index (κ3) is 8.17. The van der Waals surface area contributed by atoms with Gasteiger partial charge in [-0.05, 0) is 48.1 Å². The van der Waals surface area contributed by atoms with Gasteiger partial charge >= 0.3 is 0 Å². The van der Waals surface area contributed by atoms with Gasteiger partial charge in [-0.3, -0.25) is 13.9 Å².